The van der Waals surface area contributed by atoms with E-state index in [1.165, 1.54) is 73.1 Å². The number of benzene rings is 1. The Bertz CT molecular complexity index is 776. The van der Waals surface area contributed by atoms with Gasteiger partial charge in [-0.3, -0.25) is 4.90 Å². The Balaban J connectivity index is 1.55. The molecule has 0 bridgehead atoms. The highest BCUT2D eigenvalue weighted by atomic mass is 15.2. The lowest BCUT2D eigenvalue weighted by atomic mass is 9.61. The van der Waals surface area contributed by atoms with Crippen molar-refractivity contribution < 1.29 is 0 Å². The molecule has 138 valence electrons. The van der Waals surface area contributed by atoms with Crippen LogP contribution in [0.4, 0.5) is 0 Å². The van der Waals surface area contributed by atoms with Crippen molar-refractivity contribution in [3.05, 3.63) is 46.7 Å². The molecular weight excluding hydrogens is 316 g/mol. The third kappa shape index (κ3) is 2.87. The van der Waals surface area contributed by atoms with Crippen LogP contribution < -0.4 is 5.32 Å². The number of nitrogens with one attached hydrogen (secondary N) is 1. The first-order chi connectivity index (χ1) is 12.5. The van der Waals surface area contributed by atoms with Gasteiger partial charge < -0.3 is 5.32 Å². The van der Waals surface area contributed by atoms with Gasteiger partial charge in [-0.2, -0.15) is 0 Å². The molecule has 0 atom stereocenters. The predicted octanol–water partition coefficient (Wildman–Crippen LogP) is 4.16. The average molecular weight is 349 g/mol. The van der Waals surface area contributed by atoms with E-state index in [0.29, 0.717) is 0 Å². The second kappa shape index (κ2) is 6.46. The SMILES string of the molecule is C=C(NC)C1(c2cc(CC)c(C#CCN3CC4(CC4)C3)cc2C)CCC1. The summed E-state index contributed by atoms with van der Waals surface area (Å²) in [6.07, 6.45) is 7.62. The third-order valence-electron chi connectivity index (χ3n) is 7.03. The van der Waals surface area contributed by atoms with Gasteiger partial charge in [0.25, 0.3) is 0 Å². The van der Waals surface area contributed by atoms with Gasteiger partial charge in [0.2, 0.25) is 0 Å². The van der Waals surface area contributed by atoms with Crippen LogP contribution in [0.1, 0.15) is 61.3 Å². The highest BCUT2D eigenvalue weighted by Crippen LogP contribution is 2.52. The maximum absolute atomic E-state index is 4.32. The van der Waals surface area contributed by atoms with Crippen LogP contribution >= 0.6 is 0 Å². The minimum absolute atomic E-state index is 0.130. The second-order valence-corrected chi connectivity index (χ2v) is 8.79. The average Bonchev–Trinajstić information content (AvgIpc) is 3.35. The highest BCUT2D eigenvalue weighted by molar-refractivity contribution is 5.52. The summed E-state index contributed by atoms with van der Waals surface area (Å²) in [6, 6.07) is 4.74. The maximum atomic E-state index is 4.32. The molecule has 1 heterocycles. The molecule has 2 aliphatic carbocycles. The molecule has 1 spiro atoms. The largest absolute Gasteiger partial charge is 0.391 e. The highest BCUT2D eigenvalue weighted by Gasteiger charge is 2.51. The molecule has 2 saturated carbocycles. The van der Waals surface area contributed by atoms with Gasteiger partial charge >= 0.3 is 0 Å². The smallest absolute Gasteiger partial charge is 0.0605 e. The topological polar surface area (TPSA) is 15.3 Å². The molecule has 0 radical (unpaired) electrons. The quantitative estimate of drug-likeness (QED) is 0.804. The fraction of sp³-hybridized carbons (Fsp3) is 0.583. The van der Waals surface area contributed by atoms with Gasteiger partial charge in [0.15, 0.2) is 0 Å². The lowest BCUT2D eigenvalue weighted by molar-refractivity contribution is 0.0984. The Morgan fingerprint density at radius 1 is 1.23 bits per heavy atom. The summed E-state index contributed by atoms with van der Waals surface area (Å²) < 4.78 is 0. The van der Waals surface area contributed by atoms with Crippen molar-refractivity contribution >= 4 is 0 Å². The normalized spacial score (nSPS) is 22.0. The van der Waals surface area contributed by atoms with Crippen molar-refractivity contribution in [1.29, 1.82) is 0 Å². The zero-order valence-corrected chi connectivity index (χ0v) is 16.7. The van der Waals surface area contributed by atoms with Crippen LogP contribution in [0.2, 0.25) is 0 Å². The Hall–Kier alpha value is -1.72. The number of hydrogen-bond donors (Lipinski definition) is 1. The summed E-state index contributed by atoms with van der Waals surface area (Å²) in [7, 11) is 2.00. The van der Waals surface area contributed by atoms with Crippen LogP contribution in [0.3, 0.4) is 0 Å². The molecular formula is C24H32N2. The molecule has 1 saturated heterocycles. The van der Waals surface area contributed by atoms with Crippen molar-refractivity contribution in [1.82, 2.24) is 10.2 Å². The lowest BCUT2D eigenvalue weighted by Gasteiger charge is -2.45. The third-order valence-corrected chi connectivity index (χ3v) is 7.03. The molecule has 3 fully saturated rings. The van der Waals surface area contributed by atoms with E-state index in [9.17, 15) is 0 Å². The molecule has 1 aromatic rings. The van der Waals surface area contributed by atoms with Crippen LogP contribution in [0, 0.1) is 24.2 Å². The van der Waals surface area contributed by atoms with E-state index in [2.05, 4.69) is 54.6 Å². The molecule has 1 N–H and O–H groups in total. The van der Waals surface area contributed by atoms with E-state index >= 15 is 0 Å². The number of nitrogens with zero attached hydrogens (tertiary/aromatic N) is 1. The van der Waals surface area contributed by atoms with Gasteiger partial charge in [-0.15, -0.1) is 0 Å². The first kappa shape index (κ1) is 17.7. The Labute approximate surface area is 159 Å². The number of likely N-dealkylation sites (tertiary alicyclic amines) is 1. The summed E-state index contributed by atoms with van der Waals surface area (Å²) in [5.41, 5.74) is 7.45. The van der Waals surface area contributed by atoms with Crippen molar-refractivity contribution in [2.75, 3.05) is 26.7 Å². The molecule has 2 heteroatoms. The summed E-state index contributed by atoms with van der Waals surface area (Å²) >= 11 is 0. The van der Waals surface area contributed by atoms with E-state index in [0.717, 1.165) is 18.4 Å². The molecule has 0 unspecified atom stereocenters. The summed E-state index contributed by atoms with van der Waals surface area (Å²) in [5.74, 6) is 6.92. The van der Waals surface area contributed by atoms with Crippen molar-refractivity contribution in [2.45, 2.75) is 57.8 Å². The zero-order chi connectivity index (χ0) is 18.4. The van der Waals surface area contributed by atoms with E-state index in [1.807, 2.05) is 7.05 Å². The summed E-state index contributed by atoms with van der Waals surface area (Å²) in [5, 5.41) is 3.33. The van der Waals surface area contributed by atoms with Gasteiger partial charge in [0.05, 0.1) is 6.54 Å². The molecule has 0 amide bonds. The predicted molar refractivity (Wildman–Crippen MR) is 109 cm³/mol. The number of hydrogen-bond acceptors (Lipinski definition) is 2. The molecule has 26 heavy (non-hydrogen) atoms. The first-order valence-corrected chi connectivity index (χ1v) is 10.2. The summed E-state index contributed by atoms with van der Waals surface area (Å²) in [6.45, 7) is 12.3. The first-order valence-electron chi connectivity index (χ1n) is 10.2. The standard InChI is InChI=1S/C24H32N2/c1-5-20-15-22(24(9-7-10-24)19(3)25-4)18(2)14-21(20)8-6-13-26-16-23(17-26)11-12-23/h14-15,25H,3,5,7,9-13,16-17H2,1-2,4H3. The molecule has 0 aromatic heterocycles. The molecule has 2 nitrogen and oxygen atoms in total. The van der Waals surface area contributed by atoms with Crippen LogP contribution in [0.15, 0.2) is 24.4 Å². The van der Waals surface area contributed by atoms with Gasteiger partial charge in [0, 0.05) is 36.8 Å². The molecule has 1 aromatic carbocycles. The number of rotatable bonds is 5. The molecule has 3 aliphatic rings. The molecule has 1 aliphatic heterocycles. The van der Waals surface area contributed by atoms with Crippen LogP contribution in [0.25, 0.3) is 0 Å². The lowest BCUT2D eigenvalue weighted by Crippen LogP contribution is -2.48. The van der Waals surface area contributed by atoms with E-state index in [4.69, 9.17) is 0 Å². The Morgan fingerprint density at radius 3 is 2.50 bits per heavy atom. The number of allylic oxidation sites excluding steroid dienone is 1. The Morgan fingerprint density at radius 2 is 1.96 bits per heavy atom. The van der Waals surface area contributed by atoms with Crippen molar-refractivity contribution in [3.8, 4) is 11.8 Å². The second-order valence-electron chi connectivity index (χ2n) is 8.79. The fourth-order valence-electron chi connectivity index (χ4n) is 4.93. The maximum Gasteiger partial charge on any atom is 0.0605 e. The van der Waals surface area contributed by atoms with Gasteiger partial charge in [-0.25, -0.2) is 0 Å². The van der Waals surface area contributed by atoms with Crippen LogP contribution in [0.5, 0.6) is 0 Å². The minimum Gasteiger partial charge on any atom is -0.391 e. The van der Waals surface area contributed by atoms with E-state index in [-0.39, 0.29) is 5.41 Å². The monoisotopic (exact) mass is 348 g/mol. The van der Waals surface area contributed by atoms with Gasteiger partial charge in [0.1, 0.15) is 0 Å². The van der Waals surface area contributed by atoms with Gasteiger partial charge in [-0.1, -0.05) is 37.8 Å². The van der Waals surface area contributed by atoms with Crippen molar-refractivity contribution in [3.63, 3.8) is 0 Å². The van der Waals surface area contributed by atoms with Gasteiger partial charge in [-0.05, 0) is 67.2 Å². The van der Waals surface area contributed by atoms with Crippen molar-refractivity contribution in [2.24, 2.45) is 5.41 Å². The van der Waals surface area contributed by atoms with E-state index < -0.39 is 0 Å². The van der Waals surface area contributed by atoms with Crippen LogP contribution in [-0.2, 0) is 11.8 Å². The number of aryl methyl sites for hydroxylation is 2. The zero-order valence-electron chi connectivity index (χ0n) is 16.7. The fourth-order valence-corrected chi connectivity index (χ4v) is 4.93. The number of likely N-dealkylation sites (N-methyl/N-ethyl adjacent to an activating group) is 1. The van der Waals surface area contributed by atoms with E-state index in [1.54, 1.807) is 0 Å². The summed E-state index contributed by atoms with van der Waals surface area (Å²) in [4.78, 5) is 2.49. The molecule has 4 rings (SSSR count). The van der Waals surface area contributed by atoms with Crippen LogP contribution in [-0.4, -0.2) is 31.6 Å². The minimum atomic E-state index is 0.130. The Kier molecular flexibility index (Phi) is 4.40.